The summed E-state index contributed by atoms with van der Waals surface area (Å²) < 4.78 is 28.3. The lowest BCUT2D eigenvalue weighted by molar-refractivity contribution is -0.133. The first-order valence-corrected chi connectivity index (χ1v) is 10.1. The largest absolute Gasteiger partial charge is 0.493 e. The van der Waals surface area contributed by atoms with Crippen LogP contribution in [0.5, 0.6) is 5.75 Å². The number of piperidine rings is 1. The number of hydrogen-bond donors (Lipinski definition) is 1. The third-order valence-corrected chi connectivity index (χ3v) is 5.43. The third kappa shape index (κ3) is 5.49. The minimum Gasteiger partial charge on any atom is -0.493 e. The summed E-state index contributed by atoms with van der Waals surface area (Å²) in [4.78, 5) is 14.4. The molecule has 6 nitrogen and oxygen atoms in total. The van der Waals surface area contributed by atoms with Crippen molar-refractivity contribution < 1.29 is 17.9 Å². The van der Waals surface area contributed by atoms with Gasteiger partial charge in [-0.05, 0) is 56.6 Å². The van der Waals surface area contributed by atoms with Crippen LogP contribution in [-0.4, -0.2) is 58.8 Å². The molecule has 0 bridgehead atoms. The van der Waals surface area contributed by atoms with E-state index in [9.17, 15) is 13.2 Å². The van der Waals surface area contributed by atoms with Crippen molar-refractivity contribution in [3.8, 4) is 5.75 Å². The Hall–Kier alpha value is -1.60. The fourth-order valence-electron chi connectivity index (χ4n) is 2.87. The summed E-state index contributed by atoms with van der Waals surface area (Å²) in [6.45, 7) is 2.94. The molecule has 1 aromatic carbocycles. The van der Waals surface area contributed by atoms with Gasteiger partial charge in [-0.2, -0.15) is 0 Å². The number of amides is 1. The minimum absolute atomic E-state index is 0.116. The van der Waals surface area contributed by atoms with Gasteiger partial charge in [0.2, 0.25) is 5.91 Å². The zero-order chi connectivity index (χ0) is 17.6. The van der Waals surface area contributed by atoms with Gasteiger partial charge in [-0.25, -0.2) is 8.42 Å². The predicted molar refractivity (Wildman–Crippen MR) is 92.9 cm³/mol. The molecule has 7 heteroatoms. The molecule has 0 saturated carbocycles. The van der Waals surface area contributed by atoms with Crippen LogP contribution in [0.3, 0.4) is 0 Å². The minimum atomic E-state index is -3.20. The number of hydrogen-bond acceptors (Lipinski definition) is 5. The molecule has 1 amide bonds. The average molecular weight is 354 g/mol. The molecule has 24 heavy (non-hydrogen) atoms. The van der Waals surface area contributed by atoms with Gasteiger partial charge in [-0.1, -0.05) is 0 Å². The molecule has 1 N–H and O–H groups in total. The van der Waals surface area contributed by atoms with Crippen LogP contribution in [0.25, 0.3) is 0 Å². The third-order valence-electron chi connectivity index (χ3n) is 4.30. The predicted octanol–water partition coefficient (Wildman–Crippen LogP) is 1.32. The lowest BCUT2D eigenvalue weighted by atomic mass is 9.97. The molecule has 0 aromatic heterocycles. The average Bonchev–Trinajstić information content (AvgIpc) is 2.55. The highest BCUT2D eigenvalue weighted by Gasteiger charge is 2.22. The molecular weight excluding hydrogens is 328 g/mol. The molecule has 1 aliphatic heterocycles. The number of carbonyl (C=O) groups excluding carboxylic acids is 1. The topological polar surface area (TPSA) is 75.7 Å². The second-order valence-corrected chi connectivity index (χ2v) is 8.24. The summed E-state index contributed by atoms with van der Waals surface area (Å²) in [6.07, 6.45) is 3.59. The van der Waals surface area contributed by atoms with Crippen molar-refractivity contribution in [2.45, 2.75) is 24.2 Å². The molecule has 1 fully saturated rings. The van der Waals surface area contributed by atoms with E-state index in [1.165, 1.54) is 18.4 Å². The van der Waals surface area contributed by atoms with Crippen molar-refractivity contribution >= 4 is 15.7 Å². The first kappa shape index (κ1) is 18.7. The van der Waals surface area contributed by atoms with E-state index in [0.717, 1.165) is 32.5 Å². The van der Waals surface area contributed by atoms with E-state index in [0.29, 0.717) is 24.7 Å². The second-order valence-electron chi connectivity index (χ2n) is 6.22. The van der Waals surface area contributed by atoms with Crippen LogP contribution >= 0.6 is 0 Å². The van der Waals surface area contributed by atoms with E-state index >= 15 is 0 Å². The molecule has 0 radical (unpaired) electrons. The molecule has 134 valence electrons. The van der Waals surface area contributed by atoms with Gasteiger partial charge in [-0.3, -0.25) is 4.79 Å². The summed E-state index contributed by atoms with van der Waals surface area (Å²) in [5, 5.41) is 3.19. The molecular formula is C17H26N2O4S. The molecule has 0 spiro atoms. The molecule has 2 rings (SSSR count). The number of benzene rings is 1. The first-order chi connectivity index (χ1) is 11.4. The van der Waals surface area contributed by atoms with Gasteiger partial charge in [0.25, 0.3) is 0 Å². The van der Waals surface area contributed by atoms with Crippen molar-refractivity contribution in [3.63, 3.8) is 0 Å². The normalized spacial score (nSPS) is 16.2. The quantitative estimate of drug-likeness (QED) is 0.799. The molecule has 1 aliphatic rings. The van der Waals surface area contributed by atoms with Crippen LogP contribution in [0.2, 0.25) is 0 Å². The summed E-state index contributed by atoms with van der Waals surface area (Å²) in [6, 6.07) is 6.26. The highest BCUT2D eigenvalue weighted by atomic mass is 32.2. The maximum absolute atomic E-state index is 12.2. The summed E-state index contributed by atoms with van der Waals surface area (Å²) in [7, 11) is -1.24. The Morgan fingerprint density at radius 3 is 2.42 bits per heavy atom. The monoisotopic (exact) mass is 354 g/mol. The molecule has 1 aromatic rings. The molecule has 0 unspecified atom stereocenters. The maximum atomic E-state index is 12.2. The van der Waals surface area contributed by atoms with E-state index < -0.39 is 9.84 Å². The van der Waals surface area contributed by atoms with E-state index in [1.807, 2.05) is 11.9 Å². The Balaban J connectivity index is 1.73. The van der Waals surface area contributed by atoms with Crippen molar-refractivity contribution in [2.24, 2.45) is 5.92 Å². The molecule has 0 aliphatic carbocycles. The zero-order valence-corrected chi connectivity index (χ0v) is 15.1. The molecule has 1 heterocycles. The summed E-state index contributed by atoms with van der Waals surface area (Å²) in [5.74, 6) is 1.34. The Kier molecular flexibility index (Phi) is 6.62. The highest BCUT2D eigenvalue weighted by Crippen LogP contribution is 2.18. The van der Waals surface area contributed by atoms with E-state index in [-0.39, 0.29) is 10.8 Å². The summed E-state index contributed by atoms with van der Waals surface area (Å²) >= 11 is 0. The lowest BCUT2D eigenvalue weighted by Gasteiger charge is -2.32. The number of likely N-dealkylation sites (tertiary alicyclic amines) is 1. The number of carbonyl (C=O) groups is 1. The SMILES string of the molecule is CNCC1CCN(C(=O)CCOc2ccc(S(C)(=O)=O)cc2)CC1. The number of ether oxygens (including phenoxy) is 1. The van der Waals surface area contributed by atoms with Crippen LogP contribution in [0.15, 0.2) is 29.2 Å². The Morgan fingerprint density at radius 1 is 1.25 bits per heavy atom. The van der Waals surface area contributed by atoms with Crippen molar-refractivity contribution in [1.29, 1.82) is 0 Å². The van der Waals surface area contributed by atoms with Gasteiger partial charge in [0.1, 0.15) is 5.75 Å². The molecule has 1 saturated heterocycles. The van der Waals surface area contributed by atoms with Gasteiger partial charge < -0.3 is 15.0 Å². The number of sulfone groups is 1. The summed E-state index contributed by atoms with van der Waals surface area (Å²) in [5.41, 5.74) is 0. The van der Waals surface area contributed by atoms with Gasteiger partial charge >= 0.3 is 0 Å². The van der Waals surface area contributed by atoms with E-state index in [2.05, 4.69) is 5.32 Å². The van der Waals surface area contributed by atoms with Gasteiger partial charge in [-0.15, -0.1) is 0 Å². The standard InChI is InChI=1S/C17H26N2O4S/c1-18-13-14-7-10-19(11-8-14)17(20)9-12-23-15-3-5-16(6-4-15)24(2,21)22/h3-6,14,18H,7-13H2,1-2H3. The van der Waals surface area contributed by atoms with Crippen LogP contribution in [0, 0.1) is 5.92 Å². The Morgan fingerprint density at radius 2 is 1.88 bits per heavy atom. The number of rotatable bonds is 7. The van der Waals surface area contributed by atoms with Crippen LogP contribution in [0.1, 0.15) is 19.3 Å². The number of nitrogens with zero attached hydrogens (tertiary/aromatic N) is 1. The van der Waals surface area contributed by atoms with Crippen LogP contribution in [-0.2, 0) is 14.6 Å². The second kappa shape index (κ2) is 8.48. The van der Waals surface area contributed by atoms with Gasteiger partial charge in [0.15, 0.2) is 9.84 Å². The maximum Gasteiger partial charge on any atom is 0.225 e. The van der Waals surface area contributed by atoms with E-state index in [4.69, 9.17) is 4.74 Å². The first-order valence-electron chi connectivity index (χ1n) is 8.25. The van der Waals surface area contributed by atoms with Crippen molar-refractivity contribution in [3.05, 3.63) is 24.3 Å². The van der Waals surface area contributed by atoms with Crippen LogP contribution < -0.4 is 10.1 Å². The van der Waals surface area contributed by atoms with E-state index in [1.54, 1.807) is 12.1 Å². The number of nitrogens with one attached hydrogen (secondary N) is 1. The Bertz CT molecular complexity index is 635. The molecule has 0 atom stereocenters. The van der Waals surface area contributed by atoms with Crippen LogP contribution in [0.4, 0.5) is 0 Å². The Labute approximate surface area is 144 Å². The smallest absolute Gasteiger partial charge is 0.225 e. The van der Waals surface area contributed by atoms with Gasteiger partial charge in [0.05, 0.1) is 17.9 Å². The van der Waals surface area contributed by atoms with Crippen molar-refractivity contribution in [2.75, 3.05) is 39.5 Å². The van der Waals surface area contributed by atoms with Gasteiger partial charge in [0, 0.05) is 19.3 Å². The highest BCUT2D eigenvalue weighted by molar-refractivity contribution is 7.90. The fraction of sp³-hybridized carbons (Fsp3) is 0.588. The zero-order valence-electron chi connectivity index (χ0n) is 14.3. The lowest BCUT2D eigenvalue weighted by Crippen LogP contribution is -2.40. The fourth-order valence-corrected chi connectivity index (χ4v) is 3.50. The van der Waals surface area contributed by atoms with Crippen molar-refractivity contribution in [1.82, 2.24) is 10.2 Å².